The summed E-state index contributed by atoms with van der Waals surface area (Å²) in [5.41, 5.74) is 7.94. The number of rotatable bonds is 4. The molecule has 0 aliphatic rings. The number of anilines is 1. The molecule has 0 bridgehead atoms. The Morgan fingerprint density at radius 3 is 2.56 bits per heavy atom. The van der Waals surface area contributed by atoms with Crippen LogP contribution in [-0.4, -0.2) is 12.4 Å². The summed E-state index contributed by atoms with van der Waals surface area (Å²) in [6.45, 7) is 2.02. The molecule has 0 aromatic heterocycles. The van der Waals surface area contributed by atoms with Crippen LogP contribution in [0.3, 0.4) is 0 Å². The van der Waals surface area contributed by atoms with Crippen LogP contribution in [0.4, 0.5) is 5.69 Å². The van der Waals surface area contributed by atoms with E-state index in [-0.39, 0.29) is 12.4 Å². The first-order valence-corrected chi connectivity index (χ1v) is 5.73. The van der Waals surface area contributed by atoms with Crippen LogP contribution >= 0.6 is 0 Å². The number of hydrogen-bond donors (Lipinski definition) is 1. The molecule has 0 heterocycles. The molecule has 18 heavy (non-hydrogen) atoms. The number of ether oxygens (including phenoxy) is 1. The molecule has 0 saturated carbocycles. The zero-order chi connectivity index (χ0) is 13.0. The van der Waals surface area contributed by atoms with Crippen molar-refractivity contribution < 1.29 is 9.53 Å². The van der Waals surface area contributed by atoms with Crippen molar-refractivity contribution in [3.8, 4) is 5.75 Å². The normalized spacial score (nSPS) is 10.1. The van der Waals surface area contributed by atoms with Gasteiger partial charge in [0.2, 0.25) is 0 Å². The van der Waals surface area contributed by atoms with Crippen molar-refractivity contribution >= 4 is 11.5 Å². The highest BCUT2D eigenvalue weighted by Crippen LogP contribution is 2.13. The molecule has 92 valence electrons. The summed E-state index contributed by atoms with van der Waals surface area (Å²) in [5.74, 6) is 0.612. The van der Waals surface area contributed by atoms with Crippen molar-refractivity contribution in [2.45, 2.75) is 6.92 Å². The molecule has 3 nitrogen and oxygen atoms in total. The second kappa shape index (κ2) is 5.36. The number of aryl methyl sites for hydroxylation is 1. The van der Waals surface area contributed by atoms with Gasteiger partial charge in [-0.3, -0.25) is 4.79 Å². The van der Waals surface area contributed by atoms with Crippen LogP contribution in [0.25, 0.3) is 0 Å². The third-order valence-corrected chi connectivity index (χ3v) is 2.60. The van der Waals surface area contributed by atoms with Crippen molar-refractivity contribution in [2.24, 2.45) is 0 Å². The van der Waals surface area contributed by atoms with Gasteiger partial charge in [0.05, 0.1) is 0 Å². The van der Waals surface area contributed by atoms with E-state index >= 15 is 0 Å². The zero-order valence-electron chi connectivity index (χ0n) is 10.2. The first kappa shape index (κ1) is 12.2. The fraction of sp³-hybridized carbons (Fsp3) is 0.133. The predicted octanol–water partition coefficient (Wildman–Crippen LogP) is 2.84. The van der Waals surface area contributed by atoms with Gasteiger partial charge in [0.1, 0.15) is 5.75 Å². The van der Waals surface area contributed by atoms with Gasteiger partial charge in [0.25, 0.3) is 0 Å². The molecule has 0 atom stereocenters. The number of nitrogens with two attached hydrogens (primary N) is 1. The lowest BCUT2D eigenvalue weighted by Gasteiger charge is -2.06. The highest BCUT2D eigenvalue weighted by Gasteiger charge is 2.06. The fourth-order valence-electron chi connectivity index (χ4n) is 1.58. The molecule has 2 aromatic carbocycles. The van der Waals surface area contributed by atoms with Gasteiger partial charge in [-0.1, -0.05) is 29.8 Å². The Labute approximate surface area is 106 Å². The van der Waals surface area contributed by atoms with Crippen molar-refractivity contribution in [3.63, 3.8) is 0 Å². The minimum Gasteiger partial charge on any atom is -0.485 e. The smallest absolute Gasteiger partial charge is 0.200 e. The van der Waals surface area contributed by atoms with Gasteiger partial charge >= 0.3 is 0 Å². The minimum absolute atomic E-state index is 0.0204. The Hall–Kier alpha value is -2.29. The lowest BCUT2D eigenvalue weighted by atomic mass is 10.1. The summed E-state index contributed by atoms with van der Waals surface area (Å²) < 4.78 is 5.43. The Kier molecular flexibility index (Phi) is 3.63. The number of ketones is 1. The lowest BCUT2D eigenvalue weighted by molar-refractivity contribution is 0.0921. The molecule has 0 amide bonds. The number of hydrogen-bond acceptors (Lipinski definition) is 3. The molecular weight excluding hydrogens is 226 g/mol. The van der Waals surface area contributed by atoms with E-state index < -0.39 is 0 Å². The molecule has 0 saturated heterocycles. The van der Waals surface area contributed by atoms with Gasteiger partial charge in [-0.05, 0) is 31.2 Å². The zero-order valence-corrected chi connectivity index (χ0v) is 10.2. The summed E-state index contributed by atoms with van der Waals surface area (Å²) in [4.78, 5) is 11.9. The van der Waals surface area contributed by atoms with Crippen molar-refractivity contribution in [1.82, 2.24) is 0 Å². The van der Waals surface area contributed by atoms with Crippen LogP contribution in [0.2, 0.25) is 0 Å². The van der Waals surface area contributed by atoms with Gasteiger partial charge in [0.15, 0.2) is 12.4 Å². The molecule has 0 aliphatic carbocycles. The summed E-state index contributed by atoms with van der Waals surface area (Å²) >= 11 is 0. The maximum atomic E-state index is 11.9. The maximum absolute atomic E-state index is 11.9. The number of carbonyl (C=O) groups excluding carboxylic acids is 1. The van der Waals surface area contributed by atoms with Crippen LogP contribution in [-0.2, 0) is 0 Å². The van der Waals surface area contributed by atoms with Gasteiger partial charge < -0.3 is 10.5 Å². The number of nitrogen functional groups attached to an aromatic ring is 1. The molecule has 2 aromatic rings. The van der Waals surface area contributed by atoms with Crippen molar-refractivity contribution in [2.75, 3.05) is 12.3 Å². The first-order valence-electron chi connectivity index (χ1n) is 5.73. The fourth-order valence-corrected chi connectivity index (χ4v) is 1.58. The molecule has 2 rings (SSSR count). The van der Waals surface area contributed by atoms with E-state index in [0.717, 1.165) is 5.56 Å². The largest absolute Gasteiger partial charge is 0.485 e. The highest BCUT2D eigenvalue weighted by atomic mass is 16.5. The van der Waals surface area contributed by atoms with Crippen LogP contribution in [0.1, 0.15) is 15.9 Å². The van der Waals surface area contributed by atoms with E-state index in [0.29, 0.717) is 17.0 Å². The molecule has 3 heteroatoms. The molecule has 2 N–H and O–H groups in total. The summed E-state index contributed by atoms with van der Waals surface area (Å²) in [6.07, 6.45) is 0. The van der Waals surface area contributed by atoms with Gasteiger partial charge in [0, 0.05) is 11.3 Å². The third kappa shape index (κ3) is 3.10. The van der Waals surface area contributed by atoms with Crippen LogP contribution in [0.15, 0.2) is 48.5 Å². The molecule has 0 radical (unpaired) electrons. The van der Waals surface area contributed by atoms with Crippen LogP contribution in [0.5, 0.6) is 5.75 Å². The van der Waals surface area contributed by atoms with E-state index in [4.69, 9.17) is 10.5 Å². The quantitative estimate of drug-likeness (QED) is 0.661. The van der Waals surface area contributed by atoms with Crippen molar-refractivity contribution in [3.05, 3.63) is 59.7 Å². The second-order valence-corrected chi connectivity index (χ2v) is 4.15. The lowest BCUT2D eigenvalue weighted by Crippen LogP contribution is -2.11. The summed E-state index contributed by atoms with van der Waals surface area (Å²) in [5, 5.41) is 0. The number of carbonyl (C=O) groups is 1. The third-order valence-electron chi connectivity index (χ3n) is 2.60. The number of Topliss-reactive ketones (excluding diaryl/α,β-unsaturated/α-hetero) is 1. The minimum atomic E-state index is -0.0807. The van der Waals surface area contributed by atoms with E-state index in [1.165, 1.54) is 0 Å². The second-order valence-electron chi connectivity index (χ2n) is 4.15. The predicted molar refractivity (Wildman–Crippen MR) is 71.9 cm³/mol. The average molecular weight is 241 g/mol. The van der Waals surface area contributed by atoms with Gasteiger partial charge in [-0.15, -0.1) is 0 Å². The molecule has 0 spiro atoms. The van der Waals surface area contributed by atoms with E-state index in [9.17, 15) is 4.79 Å². The monoisotopic (exact) mass is 241 g/mol. The Morgan fingerprint density at radius 2 is 1.89 bits per heavy atom. The summed E-state index contributed by atoms with van der Waals surface area (Å²) in [7, 11) is 0. The standard InChI is InChI=1S/C15H15NO2/c1-11-5-7-14(8-6-11)18-10-15(17)12-3-2-4-13(16)9-12/h2-9H,10,16H2,1H3. The average Bonchev–Trinajstić information content (AvgIpc) is 2.38. The Balaban J connectivity index is 1.98. The van der Waals surface area contributed by atoms with Crippen molar-refractivity contribution in [1.29, 1.82) is 0 Å². The Bertz CT molecular complexity index is 547. The molecule has 0 fully saturated rings. The summed E-state index contributed by atoms with van der Waals surface area (Å²) in [6, 6.07) is 14.5. The molecular formula is C15H15NO2. The van der Waals surface area contributed by atoms with Crippen LogP contribution in [0, 0.1) is 6.92 Å². The van der Waals surface area contributed by atoms with E-state index in [1.54, 1.807) is 24.3 Å². The maximum Gasteiger partial charge on any atom is 0.200 e. The van der Waals surface area contributed by atoms with Gasteiger partial charge in [-0.2, -0.15) is 0 Å². The topological polar surface area (TPSA) is 52.3 Å². The first-order chi connectivity index (χ1) is 8.65. The van der Waals surface area contributed by atoms with E-state index in [2.05, 4.69) is 0 Å². The SMILES string of the molecule is Cc1ccc(OCC(=O)c2cccc(N)c2)cc1. The van der Waals surface area contributed by atoms with E-state index in [1.807, 2.05) is 31.2 Å². The highest BCUT2D eigenvalue weighted by molar-refractivity contribution is 5.97. The number of benzene rings is 2. The molecule has 0 unspecified atom stereocenters. The Morgan fingerprint density at radius 1 is 1.17 bits per heavy atom. The molecule has 0 aliphatic heterocycles. The van der Waals surface area contributed by atoms with Crippen LogP contribution < -0.4 is 10.5 Å². The van der Waals surface area contributed by atoms with Gasteiger partial charge in [-0.25, -0.2) is 0 Å².